The van der Waals surface area contributed by atoms with Crippen molar-refractivity contribution < 1.29 is 28.3 Å². The molecule has 0 aliphatic carbocycles. The van der Waals surface area contributed by atoms with Crippen LogP contribution in [0, 0.1) is 5.82 Å². The molecule has 2 aliphatic rings. The molecular formula is C23H19ClFN3O5. The van der Waals surface area contributed by atoms with E-state index in [1.165, 1.54) is 25.3 Å². The number of hydrogen-bond acceptors (Lipinski definition) is 7. The van der Waals surface area contributed by atoms with Crippen LogP contribution in [0.2, 0.25) is 5.02 Å². The zero-order chi connectivity index (χ0) is 23.1. The van der Waals surface area contributed by atoms with Crippen molar-refractivity contribution in [3.63, 3.8) is 0 Å². The summed E-state index contributed by atoms with van der Waals surface area (Å²) >= 11 is 6.45. The van der Waals surface area contributed by atoms with Gasteiger partial charge < -0.3 is 29.3 Å². The third kappa shape index (κ3) is 3.79. The molecule has 2 aromatic carbocycles. The largest absolute Gasteiger partial charge is 0.504 e. The van der Waals surface area contributed by atoms with Crippen LogP contribution in [0.25, 0.3) is 22.5 Å². The van der Waals surface area contributed by atoms with Gasteiger partial charge in [0.15, 0.2) is 5.76 Å². The van der Waals surface area contributed by atoms with Crippen LogP contribution >= 0.6 is 11.6 Å². The predicted octanol–water partition coefficient (Wildman–Crippen LogP) is 4.36. The van der Waals surface area contributed by atoms with Crippen molar-refractivity contribution in [2.24, 2.45) is 0 Å². The molecule has 5 rings (SSSR count). The number of carbonyl (C=O) groups is 1. The highest BCUT2D eigenvalue weighted by Crippen LogP contribution is 2.43. The van der Waals surface area contributed by atoms with E-state index in [0.717, 1.165) is 5.69 Å². The van der Waals surface area contributed by atoms with Gasteiger partial charge >= 0.3 is 0 Å². The van der Waals surface area contributed by atoms with Gasteiger partial charge in [0.2, 0.25) is 5.76 Å². The number of hydrogen-bond donors (Lipinski definition) is 2. The fraction of sp³-hybridized carbons (Fsp3) is 0.217. The van der Waals surface area contributed by atoms with Crippen LogP contribution in [-0.2, 0) is 9.53 Å². The lowest BCUT2D eigenvalue weighted by molar-refractivity contribution is -0.110. The van der Waals surface area contributed by atoms with Gasteiger partial charge in [0.1, 0.15) is 5.82 Å². The van der Waals surface area contributed by atoms with E-state index in [1.54, 1.807) is 12.1 Å². The number of aliphatic hydroxyl groups excluding tert-OH is 1. The van der Waals surface area contributed by atoms with Crippen LogP contribution in [0.15, 0.2) is 40.9 Å². The van der Waals surface area contributed by atoms with Gasteiger partial charge in [0.25, 0.3) is 11.8 Å². The molecule has 33 heavy (non-hydrogen) atoms. The number of nitrogens with zero attached hydrogens (tertiary/aromatic N) is 2. The average molecular weight is 472 g/mol. The Labute approximate surface area is 193 Å². The van der Waals surface area contributed by atoms with Gasteiger partial charge in [-0.3, -0.25) is 4.79 Å². The second kappa shape index (κ2) is 8.42. The number of aliphatic hydroxyl groups is 1. The highest BCUT2D eigenvalue weighted by Gasteiger charge is 2.31. The molecule has 3 aromatic rings. The van der Waals surface area contributed by atoms with Gasteiger partial charge in [0, 0.05) is 35.5 Å². The number of methoxy groups -OCH3 is 1. The number of nitrogens with one attached hydrogen (secondary N) is 1. The number of ether oxygens (including phenoxy) is 2. The maximum absolute atomic E-state index is 15.2. The van der Waals surface area contributed by atoms with Crippen molar-refractivity contribution >= 4 is 40.2 Å². The Morgan fingerprint density at radius 3 is 2.67 bits per heavy atom. The van der Waals surface area contributed by atoms with E-state index in [-0.39, 0.29) is 27.8 Å². The lowest BCUT2D eigenvalue weighted by Gasteiger charge is -2.29. The Balaban J connectivity index is 1.57. The Morgan fingerprint density at radius 1 is 1.18 bits per heavy atom. The van der Waals surface area contributed by atoms with E-state index < -0.39 is 17.5 Å². The summed E-state index contributed by atoms with van der Waals surface area (Å²) in [6.45, 7) is 2.56. The summed E-state index contributed by atoms with van der Waals surface area (Å²) in [5.74, 6) is -1.31. The van der Waals surface area contributed by atoms with Crippen molar-refractivity contribution in [2.75, 3.05) is 43.6 Å². The van der Waals surface area contributed by atoms with Crippen LogP contribution in [-0.4, -0.2) is 49.6 Å². The van der Waals surface area contributed by atoms with Gasteiger partial charge in [-0.25, -0.2) is 4.39 Å². The molecule has 1 saturated heterocycles. The van der Waals surface area contributed by atoms with E-state index in [9.17, 15) is 9.90 Å². The van der Waals surface area contributed by atoms with Crippen molar-refractivity contribution in [2.45, 2.75) is 0 Å². The van der Waals surface area contributed by atoms with Crippen LogP contribution in [0.5, 0.6) is 5.88 Å². The number of fused-ring (bicyclic) bond motifs is 1. The molecule has 1 fully saturated rings. The Morgan fingerprint density at radius 2 is 1.97 bits per heavy atom. The minimum Gasteiger partial charge on any atom is -0.504 e. The molecule has 0 unspecified atom stereocenters. The molecule has 1 aromatic heterocycles. The fourth-order valence-corrected chi connectivity index (χ4v) is 4.23. The minimum atomic E-state index is -0.547. The lowest BCUT2D eigenvalue weighted by Crippen LogP contribution is -2.36. The van der Waals surface area contributed by atoms with E-state index in [4.69, 9.17) is 25.6 Å². The van der Waals surface area contributed by atoms with Crippen molar-refractivity contribution in [3.8, 4) is 17.0 Å². The van der Waals surface area contributed by atoms with Crippen molar-refractivity contribution in [1.82, 2.24) is 5.16 Å². The number of anilines is 2. The summed E-state index contributed by atoms with van der Waals surface area (Å²) in [4.78, 5) is 14.7. The maximum Gasteiger partial charge on any atom is 0.260 e. The van der Waals surface area contributed by atoms with E-state index in [0.29, 0.717) is 43.1 Å². The number of rotatable bonds is 4. The van der Waals surface area contributed by atoms with E-state index in [2.05, 4.69) is 10.5 Å². The molecule has 8 nitrogen and oxygen atoms in total. The third-order valence-corrected chi connectivity index (χ3v) is 5.95. The molecule has 0 atom stereocenters. The third-order valence-electron chi connectivity index (χ3n) is 5.64. The number of benzene rings is 2. The monoisotopic (exact) mass is 471 g/mol. The first kappa shape index (κ1) is 21.3. The van der Waals surface area contributed by atoms with E-state index >= 15 is 4.39 Å². The summed E-state index contributed by atoms with van der Waals surface area (Å²) in [6, 6.07) is 9.40. The Kier molecular flexibility index (Phi) is 5.43. The van der Waals surface area contributed by atoms with Crippen LogP contribution in [0.3, 0.4) is 0 Å². The predicted molar refractivity (Wildman–Crippen MR) is 121 cm³/mol. The summed E-state index contributed by atoms with van der Waals surface area (Å²) in [5.41, 5.74) is 2.15. The SMILES string of the molecule is COc1cc(C(O)=C2C(=O)Nc3cc(Cl)c(-c4ccc(N5CCOCC5)cc4F)cc32)on1. The topological polar surface area (TPSA) is 97.1 Å². The quantitative estimate of drug-likeness (QED) is 0.431. The second-order valence-corrected chi connectivity index (χ2v) is 7.96. The molecular weight excluding hydrogens is 453 g/mol. The van der Waals surface area contributed by atoms with Gasteiger partial charge in [0.05, 0.1) is 42.7 Å². The normalized spacial score (nSPS) is 17.1. The summed E-state index contributed by atoms with van der Waals surface area (Å²) < 4.78 is 30.5. The molecule has 2 N–H and O–H groups in total. The van der Waals surface area contributed by atoms with Crippen LogP contribution < -0.4 is 15.0 Å². The molecule has 1 amide bonds. The maximum atomic E-state index is 15.2. The van der Waals surface area contributed by atoms with E-state index in [1.807, 2.05) is 11.0 Å². The number of amides is 1. The fourth-order valence-electron chi connectivity index (χ4n) is 3.96. The van der Waals surface area contributed by atoms with Gasteiger partial charge in [-0.1, -0.05) is 11.6 Å². The number of aromatic nitrogens is 1. The smallest absolute Gasteiger partial charge is 0.260 e. The molecule has 0 saturated carbocycles. The second-order valence-electron chi connectivity index (χ2n) is 7.55. The Bertz CT molecular complexity index is 1280. The van der Waals surface area contributed by atoms with Gasteiger partial charge in [-0.2, -0.15) is 0 Å². The first-order chi connectivity index (χ1) is 16.0. The van der Waals surface area contributed by atoms with Crippen LogP contribution in [0.4, 0.5) is 15.8 Å². The highest BCUT2D eigenvalue weighted by molar-refractivity contribution is 6.38. The highest BCUT2D eigenvalue weighted by atomic mass is 35.5. The molecule has 2 aliphatic heterocycles. The molecule has 3 heterocycles. The Hall–Kier alpha value is -3.56. The average Bonchev–Trinajstić information content (AvgIpc) is 3.42. The van der Waals surface area contributed by atoms with Crippen LogP contribution in [0.1, 0.15) is 11.3 Å². The lowest BCUT2D eigenvalue weighted by atomic mass is 9.97. The molecule has 0 radical (unpaired) electrons. The number of carbonyl (C=O) groups excluding carboxylic acids is 1. The minimum absolute atomic E-state index is 0.0351. The molecule has 0 bridgehead atoms. The summed E-state index contributed by atoms with van der Waals surface area (Å²) in [6.07, 6.45) is 0. The standard InChI is InChI=1S/C23H19ClFN3O5/c1-31-20-11-19(33-27-20)22(29)21-15-9-14(16(24)10-18(15)26-23(21)30)13-3-2-12(8-17(13)25)28-4-6-32-7-5-28/h2-3,8-11,29H,4-7H2,1H3,(H,26,30). The van der Waals surface area contributed by atoms with Crippen molar-refractivity contribution in [1.29, 1.82) is 0 Å². The molecule has 0 spiro atoms. The summed E-state index contributed by atoms with van der Waals surface area (Å²) in [5, 5.41) is 17.3. The zero-order valence-corrected chi connectivity index (χ0v) is 18.3. The van der Waals surface area contributed by atoms with Crippen molar-refractivity contribution in [3.05, 3.63) is 58.6 Å². The van der Waals surface area contributed by atoms with Gasteiger partial charge in [-0.15, -0.1) is 0 Å². The molecule has 10 heteroatoms. The molecule has 170 valence electrons. The summed E-state index contributed by atoms with van der Waals surface area (Å²) in [7, 11) is 1.40. The first-order valence-electron chi connectivity index (χ1n) is 10.2. The zero-order valence-electron chi connectivity index (χ0n) is 17.5. The van der Waals surface area contributed by atoms with Gasteiger partial charge in [-0.05, 0) is 35.5 Å². The first-order valence-corrected chi connectivity index (χ1v) is 10.6. The number of halogens is 2. The number of morpholine rings is 1.